The molecule has 2 heteroatoms. The summed E-state index contributed by atoms with van der Waals surface area (Å²) in [6, 6.07) is 0. The predicted octanol–water partition coefficient (Wildman–Crippen LogP) is 7.09. The molecule has 0 radical (unpaired) electrons. The molecule has 0 aliphatic heterocycles. The monoisotopic (exact) mass is 314 g/mol. The van der Waals surface area contributed by atoms with E-state index in [1.807, 2.05) is 0 Å². The Morgan fingerprint density at radius 1 is 0.750 bits per heavy atom. The predicted molar refractivity (Wildman–Crippen MR) is 96.5 cm³/mol. The Hall–Kier alpha value is 0.700. The van der Waals surface area contributed by atoms with Crippen LogP contribution in [0.3, 0.4) is 0 Å². The molecule has 2 aliphatic carbocycles. The van der Waals surface area contributed by atoms with Gasteiger partial charge in [0.1, 0.15) is 0 Å². The highest BCUT2D eigenvalue weighted by molar-refractivity contribution is 8.77. The molecule has 0 spiro atoms. The first-order valence-electron chi connectivity index (χ1n) is 9.03. The second kappa shape index (κ2) is 7.31. The van der Waals surface area contributed by atoms with Crippen molar-refractivity contribution in [3.8, 4) is 0 Å². The lowest BCUT2D eigenvalue weighted by Gasteiger charge is -2.39. The fourth-order valence-corrected chi connectivity index (χ4v) is 9.70. The van der Waals surface area contributed by atoms with E-state index in [1.165, 1.54) is 64.2 Å². The standard InChI is InChI=1S/C18H34S2/c1-5-15-11-9-13-17(15,7-3)19-20-18(8-4)14-10-12-16(18)6-2/h15-16H,5-14H2,1-4H3. The number of hydrogen-bond acceptors (Lipinski definition) is 2. The van der Waals surface area contributed by atoms with Crippen LogP contribution in [0.2, 0.25) is 0 Å². The van der Waals surface area contributed by atoms with Gasteiger partial charge >= 0.3 is 0 Å². The van der Waals surface area contributed by atoms with Gasteiger partial charge in [0.25, 0.3) is 0 Å². The van der Waals surface area contributed by atoms with Crippen LogP contribution in [-0.4, -0.2) is 9.49 Å². The molecular weight excluding hydrogens is 280 g/mol. The van der Waals surface area contributed by atoms with Crippen LogP contribution in [0.4, 0.5) is 0 Å². The maximum Gasteiger partial charge on any atom is 0.0289 e. The summed E-state index contributed by atoms with van der Waals surface area (Å²) in [5, 5.41) is 0. The van der Waals surface area contributed by atoms with Crippen molar-refractivity contribution in [3.63, 3.8) is 0 Å². The van der Waals surface area contributed by atoms with Crippen molar-refractivity contribution in [2.24, 2.45) is 11.8 Å². The first-order valence-corrected chi connectivity index (χ1v) is 11.2. The van der Waals surface area contributed by atoms with Gasteiger partial charge in [-0.3, -0.25) is 0 Å². The maximum atomic E-state index is 2.44. The Kier molecular flexibility index (Phi) is 6.23. The van der Waals surface area contributed by atoms with Gasteiger partial charge in [0.15, 0.2) is 0 Å². The van der Waals surface area contributed by atoms with E-state index >= 15 is 0 Å². The fraction of sp³-hybridized carbons (Fsp3) is 1.00. The first-order chi connectivity index (χ1) is 9.66. The molecule has 2 saturated carbocycles. The zero-order valence-corrected chi connectivity index (χ0v) is 15.7. The SMILES string of the molecule is CCC1CCCC1(CC)SSC1(CC)CCCC1CC. The summed E-state index contributed by atoms with van der Waals surface area (Å²) in [6.45, 7) is 9.69. The minimum absolute atomic E-state index is 0.600. The second-order valence-electron chi connectivity index (χ2n) is 7.00. The molecule has 2 rings (SSSR count). The number of rotatable bonds is 7. The van der Waals surface area contributed by atoms with Crippen LogP contribution >= 0.6 is 21.6 Å². The Morgan fingerprint density at radius 2 is 1.15 bits per heavy atom. The zero-order chi connectivity index (χ0) is 14.6. The molecule has 0 amide bonds. The first kappa shape index (κ1) is 17.1. The second-order valence-corrected chi connectivity index (χ2v) is 9.96. The summed E-state index contributed by atoms with van der Waals surface area (Å²) >= 11 is 0. The lowest BCUT2D eigenvalue weighted by molar-refractivity contribution is 0.406. The van der Waals surface area contributed by atoms with Gasteiger partial charge in [-0.25, -0.2) is 0 Å². The minimum Gasteiger partial charge on any atom is -0.0864 e. The van der Waals surface area contributed by atoms with Crippen molar-refractivity contribution in [1.29, 1.82) is 0 Å². The highest BCUT2D eigenvalue weighted by Crippen LogP contribution is 2.61. The van der Waals surface area contributed by atoms with E-state index in [0.29, 0.717) is 9.49 Å². The van der Waals surface area contributed by atoms with Crippen LogP contribution in [0.1, 0.15) is 91.9 Å². The average molecular weight is 315 g/mol. The highest BCUT2D eigenvalue weighted by Gasteiger charge is 2.46. The molecule has 4 unspecified atom stereocenters. The molecule has 0 heterocycles. The average Bonchev–Trinajstić information content (AvgIpc) is 3.09. The van der Waals surface area contributed by atoms with Gasteiger partial charge in [-0.15, -0.1) is 0 Å². The van der Waals surface area contributed by atoms with Crippen LogP contribution in [0, 0.1) is 11.8 Å². The Labute approximate surface area is 135 Å². The molecule has 20 heavy (non-hydrogen) atoms. The van der Waals surface area contributed by atoms with Crippen LogP contribution < -0.4 is 0 Å². The van der Waals surface area contributed by atoms with Gasteiger partial charge in [0.05, 0.1) is 0 Å². The third-order valence-corrected chi connectivity index (χ3v) is 11.0. The molecule has 0 aromatic heterocycles. The third-order valence-electron chi connectivity index (χ3n) is 6.35. The molecule has 4 atom stereocenters. The van der Waals surface area contributed by atoms with Gasteiger partial charge in [0, 0.05) is 9.49 Å². The number of hydrogen-bond donors (Lipinski definition) is 0. The Morgan fingerprint density at radius 3 is 1.45 bits per heavy atom. The van der Waals surface area contributed by atoms with Crippen LogP contribution in [0.15, 0.2) is 0 Å². The van der Waals surface area contributed by atoms with E-state index in [1.54, 1.807) is 0 Å². The van der Waals surface area contributed by atoms with Crippen LogP contribution in [0.5, 0.6) is 0 Å². The molecular formula is C18H34S2. The maximum absolute atomic E-state index is 2.44. The van der Waals surface area contributed by atoms with Crippen LogP contribution in [0.25, 0.3) is 0 Å². The van der Waals surface area contributed by atoms with Crippen molar-refractivity contribution in [2.45, 2.75) is 101 Å². The van der Waals surface area contributed by atoms with E-state index in [9.17, 15) is 0 Å². The minimum atomic E-state index is 0.600. The lowest BCUT2D eigenvalue weighted by atomic mass is 9.90. The molecule has 118 valence electrons. The summed E-state index contributed by atoms with van der Waals surface area (Å²) in [4.78, 5) is 0. The van der Waals surface area contributed by atoms with Crippen molar-refractivity contribution in [3.05, 3.63) is 0 Å². The molecule has 0 aromatic carbocycles. The van der Waals surface area contributed by atoms with Gasteiger partial charge < -0.3 is 0 Å². The normalized spacial score (nSPS) is 41.4. The summed E-state index contributed by atoms with van der Waals surface area (Å²) in [5.41, 5.74) is 0. The molecule has 0 nitrogen and oxygen atoms in total. The summed E-state index contributed by atoms with van der Waals surface area (Å²) in [5.74, 6) is 1.95. The fourth-order valence-electron chi connectivity index (χ4n) is 4.82. The molecule has 0 saturated heterocycles. The molecule has 0 bridgehead atoms. The topological polar surface area (TPSA) is 0 Å². The Bertz CT molecular complexity index is 274. The van der Waals surface area contributed by atoms with Gasteiger partial charge in [0.2, 0.25) is 0 Å². The third kappa shape index (κ3) is 3.07. The van der Waals surface area contributed by atoms with Crippen molar-refractivity contribution in [1.82, 2.24) is 0 Å². The Balaban J connectivity index is 2.05. The summed E-state index contributed by atoms with van der Waals surface area (Å²) < 4.78 is 1.20. The summed E-state index contributed by atoms with van der Waals surface area (Å²) in [7, 11) is 4.64. The lowest BCUT2D eigenvalue weighted by Crippen LogP contribution is -2.32. The molecule has 0 N–H and O–H groups in total. The van der Waals surface area contributed by atoms with E-state index in [0.717, 1.165) is 11.8 Å². The molecule has 0 aromatic rings. The van der Waals surface area contributed by atoms with E-state index in [-0.39, 0.29) is 0 Å². The van der Waals surface area contributed by atoms with E-state index < -0.39 is 0 Å². The smallest absolute Gasteiger partial charge is 0.0289 e. The van der Waals surface area contributed by atoms with Gasteiger partial charge in [-0.05, 0) is 50.4 Å². The highest BCUT2D eigenvalue weighted by atomic mass is 33.1. The van der Waals surface area contributed by atoms with Crippen molar-refractivity contribution >= 4 is 21.6 Å². The van der Waals surface area contributed by atoms with Crippen molar-refractivity contribution in [2.75, 3.05) is 0 Å². The van der Waals surface area contributed by atoms with Gasteiger partial charge in [-0.2, -0.15) is 0 Å². The quantitative estimate of drug-likeness (QED) is 0.460. The van der Waals surface area contributed by atoms with Crippen molar-refractivity contribution < 1.29 is 0 Å². The van der Waals surface area contributed by atoms with E-state index in [4.69, 9.17) is 0 Å². The molecule has 2 aliphatic rings. The van der Waals surface area contributed by atoms with E-state index in [2.05, 4.69) is 49.3 Å². The zero-order valence-electron chi connectivity index (χ0n) is 14.0. The van der Waals surface area contributed by atoms with Crippen LogP contribution in [-0.2, 0) is 0 Å². The van der Waals surface area contributed by atoms with Gasteiger partial charge in [-0.1, -0.05) is 75.0 Å². The largest absolute Gasteiger partial charge is 0.0864 e. The summed E-state index contributed by atoms with van der Waals surface area (Å²) in [6.07, 6.45) is 14.4. The molecule has 2 fully saturated rings.